The average molecular weight is 372 g/mol. The van der Waals surface area contributed by atoms with Gasteiger partial charge in [0.2, 0.25) is 0 Å². The first-order valence-electron chi connectivity index (χ1n) is 8.71. The van der Waals surface area contributed by atoms with Crippen molar-refractivity contribution in [1.82, 2.24) is 5.32 Å². The van der Waals surface area contributed by atoms with Crippen LogP contribution in [0.2, 0.25) is 0 Å². The summed E-state index contributed by atoms with van der Waals surface area (Å²) in [6, 6.07) is 17.3. The molecule has 2 atom stereocenters. The minimum atomic E-state index is -0.894. The predicted molar refractivity (Wildman–Crippen MR) is 106 cm³/mol. The van der Waals surface area contributed by atoms with Crippen LogP contribution in [0.3, 0.4) is 0 Å². The van der Waals surface area contributed by atoms with Gasteiger partial charge in [-0.05, 0) is 30.5 Å². The smallest absolute Gasteiger partial charge is 0.316 e. The Balaban J connectivity index is 2.11. The third-order valence-corrected chi connectivity index (χ3v) is 5.46. The molecule has 0 heterocycles. The van der Waals surface area contributed by atoms with E-state index in [0.29, 0.717) is 22.9 Å². The van der Waals surface area contributed by atoms with Crippen molar-refractivity contribution in [1.29, 1.82) is 0 Å². The highest BCUT2D eigenvalue weighted by molar-refractivity contribution is 8.00. The molecule has 0 aliphatic rings. The van der Waals surface area contributed by atoms with Crippen LogP contribution in [0.15, 0.2) is 59.5 Å². The molecule has 2 unspecified atom stereocenters. The minimum absolute atomic E-state index is 0.174. The van der Waals surface area contributed by atoms with Crippen LogP contribution in [-0.4, -0.2) is 28.8 Å². The molecule has 0 spiro atoms. The third kappa shape index (κ3) is 5.36. The zero-order chi connectivity index (χ0) is 19.1. The first kappa shape index (κ1) is 20.0. The Labute approximate surface area is 159 Å². The summed E-state index contributed by atoms with van der Waals surface area (Å²) in [5.41, 5.74) is 1.71. The average Bonchev–Trinajstić information content (AvgIpc) is 2.62. The van der Waals surface area contributed by atoms with E-state index in [0.717, 1.165) is 0 Å². The third-order valence-electron chi connectivity index (χ3n) is 4.30. The normalized spacial score (nSPS) is 13.2. The van der Waals surface area contributed by atoms with Gasteiger partial charge in [-0.25, -0.2) is 0 Å². The van der Waals surface area contributed by atoms with Crippen LogP contribution in [0.25, 0.3) is 0 Å². The van der Waals surface area contributed by atoms with Gasteiger partial charge in [-0.1, -0.05) is 56.3 Å². The number of nitrogens with one attached hydrogen (secondary N) is 1. The lowest BCUT2D eigenvalue weighted by molar-refractivity contribution is -0.136. The van der Waals surface area contributed by atoms with Gasteiger partial charge < -0.3 is 10.4 Å². The number of hydrogen-bond acceptors (Lipinski definition) is 3. The van der Waals surface area contributed by atoms with E-state index in [9.17, 15) is 9.59 Å². The van der Waals surface area contributed by atoms with E-state index in [-0.39, 0.29) is 11.8 Å². The van der Waals surface area contributed by atoms with Crippen LogP contribution >= 0.6 is 11.8 Å². The molecule has 26 heavy (non-hydrogen) atoms. The monoisotopic (exact) mass is 371 g/mol. The fraction of sp³-hybridized carbons (Fsp3) is 0.333. The number of carboxylic acid groups (broad SMARTS) is 1. The lowest BCUT2D eigenvalue weighted by atomic mass is 9.88. The van der Waals surface area contributed by atoms with E-state index in [1.807, 2.05) is 24.3 Å². The number of hydrogen-bond donors (Lipinski definition) is 2. The quantitative estimate of drug-likeness (QED) is 0.674. The Hall–Kier alpha value is -2.27. The van der Waals surface area contributed by atoms with Gasteiger partial charge in [0.05, 0.1) is 5.56 Å². The van der Waals surface area contributed by atoms with Crippen molar-refractivity contribution in [3.8, 4) is 0 Å². The SMILES string of the molecule is CC(Sc1ccccc1C(=O)NCC(c1ccccc1)C(C)C)C(=O)O. The van der Waals surface area contributed by atoms with Gasteiger partial charge in [-0.2, -0.15) is 0 Å². The second-order valence-electron chi connectivity index (χ2n) is 6.57. The zero-order valence-corrected chi connectivity index (χ0v) is 16.1. The van der Waals surface area contributed by atoms with E-state index in [2.05, 4.69) is 31.3 Å². The first-order chi connectivity index (χ1) is 12.4. The molecule has 0 bridgehead atoms. The van der Waals surface area contributed by atoms with E-state index in [4.69, 9.17) is 5.11 Å². The van der Waals surface area contributed by atoms with Crippen LogP contribution in [0.1, 0.15) is 42.6 Å². The molecule has 2 aromatic rings. The van der Waals surface area contributed by atoms with Gasteiger partial charge in [-0.15, -0.1) is 11.8 Å². The fourth-order valence-electron chi connectivity index (χ4n) is 2.73. The van der Waals surface area contributed by atoms with Crippen molar-refractivity contribution in [3.05, 3.63) is 65.7 Å². The van der Waals surface area contributed by atoms with Crippen molar-refractivity contribution < 1.29 is 14.7 Å². The van der Waals surface area contributed by atoms with Crippen molar-refractivity contribution in [2.45, 2.75) is 36.8 Å². The van der Waals surface area contributed by atoms with E-state index in [1.165, 1.54) is 17.3 Å². The molecule has 0 aromatic heterocycles. The first-order valence-corrected chi connectivity index (χ1v) is 9.59. The standard InChI is InChI=1S/C21H25NO3S/c1-14(2)18(16-9-5-4-6-10-16)13-22-20(23)17-11-7-8-12-19(17)26-15(3)21(24)25/h4-12,14-15,18H,13H2,1-3H3,(H,22,23)(H,24,25). The van der Waals surface area contributed by atoms with Crippen LogP contribution in [0.5, 0.6) is 0 Å². The Kier molecular flexibility index (Phi) is 7.27. The molecule has 0 saturated heterocycles. The molecule has 4 nitrogen and oxygen atoms in total. The molecule has 2 N–H and O–H groups in total. The molecule has 0 fully saturated rings. The highest BCUT2D eigenvalue weighted by Gasteiger charge is 2.20. The van der Waals surface area contributed by atoms with E-state index in [1.54, 1.807) is 25.1 Å². The molecular formula is C21H25NO3S. The maximum absolute atomic E-state index is 12.7. The Bertz CT molecular complexity index is 746. The van der Waals surface area contributed by atoms with Crippen LogP contribution in [0.4, 0.5) is 0 Å². The molecule has 0 aliphatic heterocycles. The number of thioether (sulfide) groups is 1. The molecule has 2 aromatic carbocycles. The summed E-state index contributed by atoms with van der Waals surface area (Å²) in [5.74, 6) is -0.464. The molecule has 5 heteroatoms. The van der Waals surface area contributed by atoms with E-state index < -0.39 is 11.2 Å². The van der Waals surface area contributed by atoms with Crippen LogP contribution in [0, 0.1) is 5.92 Å². The second kappa shape index (κ2) is 9.43. The van der Waals surface area contributed by atoms with Gasteiger partial charge in [0.1, 0.15) is 5.25 Å². The number of aliphatic carboxylic acids is 1. The maximum atomic E-state index is 12.7. The number of carbonyl (C=O) groups excluding carboxylic acids is 1. The van der Waals surface area contributed by atoms with Crippen LogP contribution < -0.4 is 5.32 Å². The summed E-state index contributed by atoms with van der Waals surface area (Å²) in [5, 5.41) is 11.5. The van der Waals surface area contributed by atoms with Crippen molar-refractivity contribution >= 4 is 23.6 Å². The van der Waals surface area contributed by atoms with Crippen LogP contribution in [-0.2, 0) is 4.79 Å². The summed E-state index contributed by atoms with van der Waals surface area (Å²) in [6.07, 6.45) is 0. The lowest BCUT2D eigenvalue weighted by Gasteiger charge is -2.22. The van der Waals surface area contributed by atoms with Gasteiger partial charge in [0.25, 0.3) is 5.91 Å². The summed E-state index contributed by atoms with van der Waals surface area (Å²) < 4.78 is 0. The summed E-state index contributed by atoms with van der Waals surface area (Å²) >= 11 is 1.18. The van der Waals surface area contributed by atoms with Gasteiger partial charge in [-0.3, -0.25) is 9.59 Å². The molecular weight excluding hydrogens is 346 g/mol. The lowest BCUT2D eigenvalue weighted by Crippen LogP contribution is -2.30. The Morgan fingerprint density at radius 1 is 1.00 bits per heavy atom. The molecule has 0 saturated carbocycles. The van der Waals surface area contributed by atoms with Crippen molar-refractivity contribution in [3.63, 3.8) is 0 Å². The summed E-state index contributed by atoms with van der Waals surface area (Å²) in [7, 11) is 0. The molecule has 1 amide bonds. The predicted octanol–water partition coefficient (Wildman–Crippen LogP) is 4.42. The van der Waals surface area contributed by atoms with Crippen molar-refractivity contribution in [2.24, 2.45) is 5.92 Å². The zero-order valence-electron chi connectivity index (χ0n) is 15.3. The largest absolute Gasteiger partial charge is 0.480 e. The molecule has 2 rings (SSSR count). The number of benzene rings is 2. The topological polar surface area (TPSA) is 66.4 Å². The maximum Gasteiger partial charge on any atom is 0.316 e. The number of carbonyl (C=O) groups is 2. The number of amides is 1. The Morgan fingerprint density at radius 2 is 1.62 bits per heavy atom. The van der Waals surface area contributed by atoms with Gasteiger partial charge >= 0.3 is 5.97 Å². The highest BCUT2D eigenvalue weighted by Crippen LogP contribution is 2.28. The summed E-state index contributed by atoms with van der Waals surface area (Å²) in [4.78, 5) is 24.5. The van der Waals surface area contributed by atoms with Crippen molar-refractivity contribution in [2.75, 3.05) is 6.54 Å². The van der Waals surface area contributed by atoms with E-state index >= 15 is 0 Å². The second-order valence-corrected chi connectivity index (χ2v) is 7.95. The number of carboxylic acids is 1. The molecule has 0 radical (unpaired) electrons. The summed E-state index contributed by atoms with van der Waals surface area (Å²) in [6.45, 7) is 6.43. The number of rotatable bonds is 8. The molecule has 0 aliphatic carbocycles. The fourth-order valence-corrected chi connectivity index (χ4v) is 3.66. The minimum Gasteiger partial charge on any atom is -0.480 e. The van der Waals surface area contributed by atoms with Gasteiger partial charge in [0.15, 0.2) is 0 Å². The highest BCUT2D eigenvalue weighted by atomic mass is 32.2. The molecule has 138 valence electrons. The Morgan fingerprint density at radius 3 is 2.23 bits per heavy atom. The van der Waals surface area contributed by atoms with Gasteiger partial charge in [0, 0.05) is 17.4 Å².